The molecule has 2 aromatic rings. The standard InChI is InChI=1S/C21H25N3O6S2/c1-13-11-18(23-20(25)14-3-4-14)31-19(13)21(26)22-15-5-6-16(29-2)17(12-15)32(27,28)24-7-9-30-10-8-24/h5-6,11-12,14H,3-4,7-10H2,1-2H3,(H,22,26)(H,23,25). The summed E-state index contributed by atoms with van der Waals surface area (Å²) >= 11 is 1.19. The summed E-state index contributed by atoms with van der Waals surface area (Å²) in [6.07, 6.45) is 1.80. The zero-order chi connectivity index (χ0) is 22.9. The van der Waals surface area contributed by atoms with Crippen molar-refractivity contribution in [3.63, 3.8) is 0 Å². The van der Waals surface area contributed by atoms with Crippen LogP contribution in [0.3, 0.4) is 0 Å². The minimum Gasteiger partial charge on any atom is -0.495 e. The Labute approximate surface area is 190 Å². The zero-order valence-corrected chi connectivity index (χ0v) is 19.5. The predicted molar refractivity (Wildman–Crippen MR) is 121 cm³/mol. The van der Waals surface area contributed by atoms with E-state index >= 15 is 0 Å². The van der Waals surface area contributed by atoms with Crippen molar-refractivity contribution in [2.75, 3.05) is 44.0 Å². The highest BCUT2D eigenvalue weighted by Crippen LogP contribution is 2.34. The fraction of sp³-hybridized carbons (Fsp3) is 0.429. The van der Waals surface area contributed by atoms with Gasteiger partial charge < -0.3 is 20.1 Å². The number of ether oxygens (including phenoxy) is 2. The second-order valence-electron chi connectivity index (χ2n) is 7.72. The van der Waals surface area contributed by atoms with E-state index < -0.39 is 10.0 Å². The molecular formula is C21H25N3O6S2. The van der Waals surface area contributed by atoms with E-state index in [0.717, 1.165) is 18.4 Å². The Morgan fingerprint density at radius 1 is 1.16 bits per heavy atom. The number of anilines is 2. The highest BCUT2D eigenvalue weighted by Gasteiger charge is 2.31. The number of carbonyl (C=O) groups excluding carboxylic acids is 2. The molecule has 4 rings (SSSR count). The van der Waals surface area contributed by atoms with E-state index in [1.807, 2.05) is 0 Å². The van der Waals surface area contributed by atoms with Gasteiger partial charge in [-0.2, -0.15) is 4.31 Å². The summed E-state index contributed by atoms with van der Waals surface area (Å²) in [7, 11) is -2.41. The van der Waals surface area contributed by atoms with Crippen molar-refractivity contribution >= 4 is 43.9 Å². The second-order valence-corrected chi connectivity index (χ2v) is 10.7. The molecule has 1 saturated carbocycles. The number of hydrogen-bond donors (Lipinski definition) is 2. The summed E-state index contributed by atoms with van der Waals surface area (Å²) in [6.45, 7) is 2.96. The number of nitrogens with one attached hydrogen (secondary N) is 2. The van der Waals surface area contributed by atoms with Crippen LogP contribution in [0.4, 0.5) is 10.7 Å². The average molecular weight is 480 g/mol. The first-order valence-electron chi connectivity index (χ1n) is 10.3. The Balaban J connectivity index is 1.54. The van der Waals surface area contributed by atoms with Gasteiger partial charge in [0, 0.05) is 24.7 Å². The van der Waals surface area contributed by atoms with Gasteiger partial charge in [-0.1, -0.05) is 0 Å². The third-order valence-corrected chi connectivity index (χ3v) is 8.40. The van der Waals surface area contributed by atoms with E-state index in [9.17, 15) is 18.0 Å². The van der Waals surface area contributed by atoms with Crippen LogP contribution in [0, 0.1) is 12.8 Å². The van der Waals surface area contributed by atoms with E-state index in [1.165, 1.54) is 34.9 Å². The maximum Gasteiger partial charge on any atom is 0.266 e. The molecule has 0 radical (unpaired) electrons. The lowest BCUT2D eigenvalue weighted by atomic mass is 10.2. The van der Waals surface area contributed by atoms with Crippen LogP contribution in [0.1, 0.15) is 28.1 Å². The smallest absolute Gasteiger partial charge is 0.266 e. The first-order valence-corrected chi connectivity index (χ1v) is 12.5. The molecule has 2 heterocycles. The summed E-state index contributed by atoms with van der Waals surface area (Å²) in [6, 6.07) is 6.28. The number of amides is 2. The van der Waals surface area contributed by atoms with Crippen molar-refractivity contribution in [2.24, 2.45) is 5.92 Å². The Hall–Kier alpha value is -2.47. The Bertz CT molecular complexity index is 1130. The fourth-order valence-electron chi connectivity index (χ4n) is 3.41. The summed E-state index contributed by atoms with van der Waals surface area (Å²) < 4.78 is 38.1. The molecule has 0 unspecified atom stereocenters. The molecule has 32 heavy (non-hydrogen) atoms. The number of carbonyl (C=O) groups is 2. The quantitative estimate of drug-likeness (QED) is 0.631. The monoisotopic (exact) mass is 479 g/mol. The van der Waals surface area contributed by atoms with Crippen LogP contribution < -0.4 is 15.4 Å². The molecule has 11 heteroatoms. The second kappa shape index (κ2) is 9.18. The van der Waals surface area contributed by atoms with Gasteiger partial charge in [0.1, 0.15) is 10.6 Å². The van der Waals surface area contributed by atoms with E-state index in [-0.39, 0.29) is 41.5 Å². The summed E-state index contributed by atoms with van der Waals surface area (Å²) in [4.78, 5) is 25.3. The molecule has 0 atom stereocenters. The Morgan fingerprint density at radius 2 is 1.88 bits per heavy atom. The minimum atomic E-state index is -3.82. The van der Waals surface area contributed by atoms with Gasteiger partial charge in [-0.25, -0.2) is 8.42 Å². The molecule has 2 aliphatic rings. The largest absolute Gasteiger partial charge is 0.495 e. The van der Waals surface area contributed by atoms with Crippen LogP contribution in [0.25, 0.3) is 0 Å². The van der Waals surface area contributed by atoms with Gasteiger partial charge in [0.05, 0.1) is 30.2 Å². The lowest BCUT2D eigenvalue weighted by Gasteiger charge is -2.26. The summed E-state index contributed by atoms with van der Waals surface area (Å²) in [5.41, 5.74) is 1.06. The van der Waals surface area contributed by atoms with Crippen molar-refractivity contribution in [1.82, 2.24) is 4.31 Å². The van der Waals surface area contributed by atoms with Crippen molar-refractivity contribution < 1.29 is 27.5 Å². The maximum absolute atomic E-state index is 13.1. The van der Waals surface area contributed by atoms with Crippen LogP contribution in [0.5, 0.6) is 5.75 Å². The number of methoxy groups -OCH3 is 1. The zero-order valence-electron chi connectivity index (χ0n) is 17.8. The molecule has 172 valence electrons. The molecule has 1 aromatic heterocycles. The third kappa shape index (κ3) is 4.80. The van der Waals surface area contributed by atoms with E-state index in [2.05, 4.69) is 10.6 Å². The first-order chi connectivity index (χ1) is 15.3. The number of hydrogen-bond acceptors (Lipinski definition) is 7. The minimum absolute atomic E-state index is 0.0139. The molecule has 2 amide bonds. The van der Waals surface area contributed by atoms with Crippen LogP contribution in [0.15, 0.2) is 29.2 Å². The van der Waals surface area contributed by atoms with Gasteiger partial charge in [0.15, 0.2) is 0 Å². The lowest BCUT2D eigenvalue weighted by molar-refractivity contribution is -0.117. The Kier molecular flexibility index (Phi) is 6.52. The van der Waals surface area contributed by atoms with Gasteiger partial charge in [-0.05, 0) is 49.6 Å². The van der Waals surface area contributed by atoms with Gasteiger partial charge >= 0.3 is 0 Å². The number of morpholine rings is 1. The van der Waals surface area contributed by atoms with E-state index in [4.69, 9.17) is 9.47 Å². The molecule has 2 fully saturated rings. The molecule has 9 nitrogen and oxygen atoms in total. The average Bonchev–Trinajstić information content (AvgIpc) is 3.57. The molecule has 1 aromatic carbocycles. The van der Waals surface area contributed by atoms with Crippen molar-refractivity contribution in [2.45, 2.75) is 24.7 Å². The molecule has 0 spiro atoms. The molecule has 1 saturated heterocycles. The number of aryl methyl sites for hydroxylation is 1. The fourth-order valence-corrected chi connectivity index (χ4v) is 5.97. The summed E-state index contributed by atoms with van der Waals surface area (Å²) in [5.74, 6) is -0.127. The highest BCUT2D eigenvalue weighted by molar-refractivity contribution is 7.89. The predicted octanol–water partition coefficient (Wildman–Crippen LogP) is 2.69. The van der Waals surface area contributed by atoms with Crippen molar-refractivity contribution in [1.29, 1.82) is 0 Å². The van der Waals surface area contributed by atoms with Gasteiger partial charge in [-0.3, -0.25) is 9.59 Å². The van der Waals surface area contributed by atoms with Gasteiger partial charge in [0.25, 0.3) is 5.91 Å². The summed E-state index contributed by atoms with van der Waals surface area (Å²) in [5, 5.41) is 6.24. The number of sulfonamides is 1. The van der Waals surface area contributed by atoms with Crippen LogP contribution in [-0.2, 0) is 19.6 Å². The number of rotatable bonds is 7. The molecule has 2 N–H and O–H groups in total. The van der Waals surface area contributed by atoms with Crippen LogP contribution >= 0.6 is 11.3 Å². The maximum atomic E-state index is 13.1. The SMILES string of the molecule is COc1ccc(NC(=O)c2sc(NC(=O)C3CC3)cc2C)cc1S(=O)(=O)N1CCOCC1. The topological polar surface area (TPSA) is 114 Å². The van der Waals surface area contributed by atoms with Crippen molar-refractivity contribution in [3.05, 3.63) is 34.7 Å². The Morgan fingerprint density at radius 3 is 2.53 bits per heavy atom. The number of benzene rings is 1. The third-order valence-electron chi connectivity index (χ3n) is 5.33. The first kappa shape index (κ1) is 22.7. The van der Waals surface area contributed by atoms with E-state index in [0.29, 0.717) is 28.8 Å². The van der Waals surface area contributed by atoms with Gasteiger partial charge in [0.2, 0.25) is 15.9 Å². The molecule has 0 bridgehead atoms. The molecule has 1 aliphatic carbocycles. The molecule has 1 aliphatic heterocycles. The number of nitrogens with zero attached hydrogens (tertiary/aromatic N) is 1. The van der Waals surface area contributed by atoms with Crippen LogP contribution in [-0.4, -0.2) is 58.0 Å². The normalized spacial score (nSPS) is 17.1. The number of thiophene rings is 1. The lowest BCUT2D eigenvalue weighted by Crippen LogP contribution is -2.40. The van der Waals surface area contributed by atoms with E-state index in [1.54, 1.807) is 19.1 Å². The molecular weight excluding hydrogens is 454 g/mol. The van der Waals surface area contributed by atoms with Crippen LogP contribution in [0.2, 0.25) is 0 Å². The van der Waals surface area contributed by atoms with Crippen molar-refractivity contribution in [3.8, 4) is 5.75 Å². The highest BCUT2D eigenvalue weighted by atomic mass is 32.2. The van der Waals surface area contributed by atoms with Gasteiger partial charge in [-0.15, -0.1) is 11.3 Å².